The van der Waals surface area contributed by atoms with Gasteiger partial charge in [0.25, 0.3) is 5.91 Å². The Hall–Kier alpha value is -2.82. The van der Waals surface area contributed by atoms with Crippen LogP contribution in [-0.4, -0.2) is 25.0 Å². The van der Waals surface area contributed by atoms with Crippen LogP contribution in [0, 0.1) is 0 Å². The molecule has 0 heterocycles. The summed E-state index contributed by atoms with van der Waals surface area (Å²) in [7, 11) is 1.60. The number of anilines is 1. The highest BCUT2D eigenvalue weighted by Crippen LogP contribution is 2.22. The first-order valence-electron chi connectivity index (χ1n) is 7.98. The van der Waals surface area contributed by atoms with E-state index in [0.29, 0.717) is 11.3 Å². The normalized spacial score (nSPS) is 13.2. The van der Waals surface area contributed by atoms with E-state index in [0.717, 1.165) is 24.2 Å². The van der Waals surface area contributed by atoms with Crippen molar-refractivity contribution in [2.45, 2.75) is 25.3 Å². The lowest BCUT2D eigenvalue weighted by Crippen LogP contribution is -2.27. The molecule has 3 rings (SSSR count). The van der Waals surface area contributed by atoms with Crippen molar-refractivity contribution < 1.29 is 14.3 Å². The number of hydrogen-bond acceptors (Lipinski definition) is 3. The number of benzene rings is 2. The first kappa shape index (κ1) is 16.1. The molecule has 2 aromatic rings. The van der Waals surface area contributed by atoms with Crippen LogP contribution in [0.3, 0.4) is 0 Å². The first-order valence-corrected chi connectivity index (χ1v) is 7.98. The maximum atomic E-state index is 12.3. The number of rotatable bonds is 6. The van der Waals surface area contributed by atoms with Crippen LogP contribution < -0.4 is 15.4 Å². The second kappa shape index (κ2) is 7.17. The van der Waals surface area contributed by atoms with Crippen molar-refractivity contribution >= 4 is 17.5 Å². The number of amides is 2. The third kappa shape index (κ3) is 4.13. The quantitative estimate of drug-likeness (QED) is 0.858. The summed E-state index contributed by atoms with van der Waals surface area (Å²) >= 11 is 0. The lowest BCUT2D eigenvalue weighted by Gasteiger charge is -2.11. The van der Waals surface area contributed by atoms with Crippen LogP contribution in [0.5, 0.6) is 5.75 Å². The van der Waals surface area contributed by atoms with Gasteiger partial charge in [-0.25, -0.2) is 0 Å². The van der Waals surface area contributed by atoms with E-state index in [-0.39, 0.29) is 24.3 Å². The lowest BCUT2D eigenvalue weighted by atomic mass is 10.1. The Bertz CT molecular complexity index is 737. The van der Waals surface area contributed by atoms with E-state index in [1.807, 2.05) is 24.3 Å². The fourth-order valence-corrected chi connectivity index (χ4v) is 2.40. The van der Waals surface area contributed by atoms with Gasteiger partial charge in [0.05, 0.1) is 24.8 Å². The molecule has 1 saturated carbocycles. The van der Waals surface area contributed by atoms with Crippen molar-refractivity contribution in [3.63, 3.8) is 0 Å². The van der Waals surface area contributed by atoms with Gasteiger partial charge in [0, 0.05) is 6.04 Å². The summed E-state index contributed by atoms with van der Waals surface area (Å²) in [5, 5.41) is 5.77. The first-order chi connectivity index (χ1) is 11.7. The molecule has 0 aliphatic heterocycles. The fraction of sp³-hybridized carbons (Fsp3) is 0.263. The Kier molecular flexibility index (Phi) is 4.79. The van der Waals surface area contributed by atoms with E-state index in [1.54, 1.807) is 31.4 Å². The number of hydrogen-bond donors (Lipinski definition) is 2. The minimum Gasteiger partial charge on any atom is -0.497 e. The smallest absolute Gasteiger partial charge is 0.253 e. The number of para-hydroxylation sites is 1. The van der Waals surface area contributed by atoms with Gasteiger partial charge in [-0.3, -0.25) is 9.59 Å². The van der Waals surface area contributed by atoms with E-state index in [2.05, 4.69) is 10.6 Å². The minimum atomic E-state index is -0.160. The van der Waals surface area contributed by atoms with Crippen LogP contribution in [-0.2, 0) is 11.2 Å². The molecule has 0 bridgehead atoms. The van der Waals surface area contributed by atoms with Gasteiger partial charge in [-0.2, -0.15) is 0 Å². The second-order valence-corrected chi connectivity index (χ2v) is 5.87. The van der Waals surface area contributed by atoms with Crippen LogP contribution >= 0.6 is 0 Å². The topological polar surface area (TPSA) is 67.4 Å². The van der Waals surface area contributed by atoms with Gasteiger partial charge in [0.15, 0.2) is 0 Å². The maximum Gasteiger partial charge on any atom is 0.253 e. The van der Waals surface area contributed by atoms with Gasteiger partial charge in [-0.05, 0) is 42.7 Å². The van der Waals surface area contributed by atoms with Crippen LogP contribution in [0.15, 0.2) is 48.5 Å². The van der Waals surface area contributed by atoms with Crippen molar-refractivity contribution in [1.29, 1.82) is 0 Å². The molecule has 5 heteroatoms. The summed E-state index contributed by atoms with van der Waals surface area (Å²) in [6, 6.07) is 14.7. The predicted octanol–water partition coefficient (Wildman–Crippen LogP) is 2.77. The van der Waals surface area contributed by atoms with Gasteiger partial charge in [0.1, 0.15) is 5.75 Å². The summed E-state index contributed by atoms with van der Waals surface area (Å²) < 4.78 is 5.10. The zero-order valence-corrected chi connectivity index (χ0v) is 13.5. The molecule has 0 radical (unpaired) electrons. The van der Waals surface area contributed by atoms with Gasteiger partial charge in [0.2, 0.25) is 5.91 Å². The maximum absolute atomic E-state index is 12.3. The minimum absolute atomic E-state index is 0.141. The van der Waals surface area contributed by atoms with Gasteiger partial charge >= 0.3 is 0 Å². The number of nitrogens with one attached hydrogen (secondary N) is 2. The number of carbonyl (C=O) groups is 2. The number of ether oxygens (including phenoxy) is 1. The molecule has 1 aliphatic rings. The Labute approximate surface area is 141 Å². The van der Waals surface area contributed by atoms with E-state index in [9.17, 15) is 9.59 Å². The summed E-state index contributed by atoms with van der Waals surface area (Å²) in [6.07, 6.45) is 2.29. The molecule has 1 fully saturated rings. The zero-order chi connectivity index (χ0) is 16.9. The molecule has 2 N–H and O–H groups in total. The van der Waals surface area contributed by atoms with Crippen LogP contribution in [0.2, 0.25) is 0 Å². The summed E-state index contributed by atoms with van der Waals surface area (Å²) in [6.45, 7) is 0. The third-order valence-electron chi connectivity index (χ3n) is 3.88. The highest BCUT2D eigenvalue weighted by Gasteiger charge is 2.24. The lowest BCUT2D eigenvalue weighted by molar-refractivity contribution is -0.115. The average molecular weight is 324 g/mol. The largest absolute Gasteiger partial charge is 0.497 e. The third-order valence-corrected chi connectivity index (χ3v) is 3.88. The van der Waals surface area contributed by atoms with Gasteiger partial charge in [-0.1, -0.05) is 24.3 Å². The Morgan fingerprint density at radius 3 is 2.46 bits per heavy atom. The molecule has 0 unspecified atom stereocenters. The molecule has 24 heavy (non-hydrogen) atoms. The van der Waals surface area contributed by atoms with Crippen LogP contribution in [0.25, 0.3) is 0 Å². The molecular formula is C19H20N2O3. The predicted molar refractivity (Wildman–Crippen MR) is 92.3 cm³/mol. The van der Waals surface area contributed by atoms with Crippen molar-refractivity contribution in [1.82, 2.24) is 5.32 Å². The van der Waals surface area contributed by atoms with E-state index in [1.165, 1.54) is 0 Å². The molecule has 0 aromatic heterocycles. The van der Waals surface area contributed by atoms with Crippen LogP contribution in [0.4, 0.5) is 5.69 Å². The Morgan fingerprint density at radius 2 is 1.79 bits per heavy atom. The second-order valence-electron chi connectivity index (χ2n) is 5.87. The van der Waals surface area contributed by atoms with Crippen molar-refractivity contribution in [3.05, 3.63) is 59.7 Å². The van der Waals surface area contributed by atoms with Gasteiger partial charge < -0.3 is 15.4 Å². The Morgan fingerprint density at radius 1 is 1.08 bits per heavy atom. The van der Waals surface area contributed by atoms with E-state index >= 15 is 0 Å². The fourth-order valence-electron chi connectivity index (χ4n) is 2.40. The highest BCUT2D eigenvalue weighted by molar-refractivity contribution is 6.04. The van der Waals surface area contributed by atoms with E-state index < -0.39 is 0 Å². The van der Waals surface area contributed by atoms with E-state index in [4.69, 9.17) is 4.74 Å². The molecule has 2 aromatic carbocycles. The average Bonchev–Trinajstić information content (AvgIpc) is 3.40. The Balaban J connectivity index is 1.66. The monoisotopic (exact) mass is 324 g/mol. The molecule has 5 nitrogen and oxygen atoms in total. The van der Waals surface area contributed by atoms with Crippen molar-refractivity contribution in [2.75, 3.05) is 12.4 Å². The molecule has 0 spiro atoms. The summed E-state index contributed by atoms with van der Waals surface area (Å²) in [5.41, 5.74) is 1.91. The molecule has 124 valence electrons. The number of carbonyl (C=O) groups excluding carboxylic acids is 2. The summed E-state index contributed by atoms with van der Waals surface area (Å²) in [5.74, 6) is 0.450. The zero-order valence-electron chi connectivity index (χ0n) is 13.5. The SMILES string of the molecule is COc1ccc(CC(=O)Nc2ccccc2C(=O)NC2CC2)cc1. The van der Waals surface area contributed by atoms with Gasteiger partial charge in [-0.15, -0.1) is 0 Å². The highest BCUT2D eigenvalue weighted by atomic mass is 16.5. The molecule has 1 aliphatic carbocycles. The van der Waals surface area contributed by atoms with Crippen molar-refractivity contribution in [2.24, 2.45) is 0 Å². The molecule has 0 saturated heterocycles. The molecular weight excluding hydrogens is 304 g/mol. The summed E-state index contributed by atoms with van der Waals surface area (Å²) in [4.78, 5) is 24.5. The molecule has 2 amide bonds. The van der Waals surface area contributed by atoms with Crippen molar-refractivity contribution in [3.8, 4) is 5.75 Å². The number of methoxy groups -OCH3 is 1. The standard InChI is InChI=1S/C19H20N2O3/c1-24-15-10-6-13(7-11-15)12-18(22)21-17-5-3-2-4-16(17)19(23)20-14-8-9-14/h2-7,10-11,14H,8-9,12H2,1H3,(H,20,23)(H,21,22). The van der Waals surface area contributed by atoms with Crippen LogP contribution in [0.1, 0.15) is 28.8 Å². The molecule has 0 atom stereocenters.